The fourth-order valence-electron chi connectivity index (χ4n) is 4.02. The van der Waals surface area contributed by atoms with Gasteiger partial charge in [0.2, 0.25) is 23.7 Å². The molecule has 1 saturated heterocycles. The highest BCUT2D eigenvalue weighted by Gasteiger charge is 2.23. The Labute approximate surface area is 225 Å². The number of anilines is 3. The Morgan fingerprint density at radius 3 is 2.25 bits per heavy atom. The highest BCUT2D eigenvalue weighted by molar-refractivity contribution is 5.99. The summed E-state index contributed by atoms with van der Waals surface area (Å²) >= 11 is 0. The molecule has 40 heavy (non-hydrogen) atoms. The predicted octanol–water partition coefficient (Wildman–Crippen LogP) is 0.516. The minimum absolute atomic E-state index is 0.0354. The van der Waals surface area contributed by atoms with Gasteiger partial charge < -0.3 is 20.4 Å². The molecule has 0 spiro atoms. The number of nitrogens with one attached hydrogen (secondary N) is 4. The Morgan fingerprint density at radius 2 is 1.65 bits per heavy atom. The number of nitrogens with zero attached hydrogens (tertiary/aromatic N) is 8. The van der Waals surface area contributed by atoms with Crippen molar-refractivity contribution >= 4 is 46.3 Å². The van der Waals surface area contributed by atoms with E-state index in [9.17, 15) is 29.2 Å². The molecule has 17 heteroatoms. The number of carbonyl (C=O) groups excluding carboxylic acids is 3. The molecule has 1 aliphatic heterocycles. The summed E-state index contributed by atoms with van der Waals surface area (Å²) in [6, 6.07) is 5.03. The van der Waals surface area contributed by atoms with Crippen molar-refractivity contribution in [1.82, 2.24) is 29.6 Å². The number of benzene rings is 1. The van der Waals surface area contributed by atoms with Crippen LogP contribution in [0.25, 0.3) is 5.95 Å². The fourth-order valence-corrected chi connectivity index (χ4v) is 4.02. The van der Waals surface area contributed by atoms with Crippen LogP contribution in [0.1, 0.15) is 26.3 Å². The molecule has 1 aromatic carbocycles. The highest BCUT2D eigenvalue weighted by atomic mass is 16.2. The van der Waals surface area contributed by atoms with Crippen molar-refractivity contribution in [2.75, 3.05) is 41.7 Å². The van der Waals surface area contributed by atoms with Crippen molar-refractivity contribution in [2.45, 2.75) is 20.8 Å². The first-order chi connectivity index (χ1) is 19.0. The molecule has 3 amide bonds. The number of aromatic amines is 2. The van der Waals surface area contributed by atoms with Gasteiger partial charge in [0.05, 0.1) is 23.3 Å². The van der Waals surface area contributed by atoms with Gasteiger partial charge in [0.1, 0.15) is 17.3 Å². The number of amides is 3. The van der Waals surface area contributed by atoms with Crippen LogP contribution in [-0.4, -0.2) is 73.5 Å². The first-order valence-corrected chi connectivity index (χ1v) is 11.9. The van der Waals surface area contributed by atoms with Crippen LogP contribution in [0.5, 0.6) is 0 Å². The molecule has 3 aromatic rings. The van der Waals surface area contributed by atoms with Crippen molar-refractivity contribution < 1.29 is 14.4 Å². The molecule has 206 valence electrons. The third-order valence-electron chi connectivity index (χ3n) is 5.77. The molecule has 1 aliphatic rings. The van der Waals surface area contributed by atoms with E-state index >= 15 is 0 Å². The summed E-state index contributed by atoms with van der Waals surface area (Å²) in [6.07, 6.45) is 1.15. The van der Waals surface area contributed by atoms with Crippen LogP contribution in [-0.2, 0) is 14.4 Å². The second kappa shape index (κ2) is 11.4. The molecule has 0 bridgehead atoms. The molecule has 1 fully saturated rings. The number of nitriles is 1. The summed E-state index contributed by atoms with van der Waals surface area (Å²) in [5, 5.41) is 27.3. The number of azo groups is 1. The molecule has 4 N–H and O–H groups in total. The van der Waals surface area contributed by atoms with E-state index in [-0.39, 0.29) is 40.5 Å². The number of hydrogen-bond donors (Lipinski definition) is 4. The monoisotopic (exact) mass is 548 g/mol. The lowest BCUT2D eigenvalue weighted by Gasteiger charge is -2.36. The topological polar surface area (TPSA) is 227 Å². The Balaban J connectivity index is 1.80. The Morgan fingerprint density at radius 1 is 0.975 bits per heavy atom. The standard InChI is InChI=1S/C23H24N12O5/c1-12(36)26-16-9-19(34-6-4-33(5-7-34)14(3)38)18(27-13(2)37)8-17(16)31-32-20-15(10-24)11-25-35(20)21-28-22(39)30-23(40)29-21/h8-9,11H,4-7H2,1-3H3,(H,26,36)(H,27,37)(H2,28,29,30,39,40). The van der Waals surface area contributed by atoms with Crippen LogP contribution in [0.15, 0.2) is 38.1 Å². The van der Waals surface area contributed by atoms with Crippen molar-refractivity contribution in [3.8, 4) is 12.0 Å². The second-order valence-corrected chi connectivity index (χ2v) is 8.67. The molecule has 0 aliphatic carbocycles. The Bertz CT molecular complexity index is 1640. The van der Waals surface area contributed by atoms with Crippen molar-refractivity contribution in [3.05, 3.63) is 44.9 Å². The van der Waals surface area contributed by atoms with Crippen LogP contribution < -0.4 is 26.9 Å². The third-order valence-corrected chi connectivity index (χ3v) is 5.77. The molecule has 0 saturated carbocycles. The lowest BCUT2D eigenvalue weighted by Crippen LogP contribution is -2.48. The van der Waals surface area contributed by atoms with Gasteiger partial charge in [-0.3, -0.25) is 24.4 Å². The third kappa shape index (κ3) is 6.07. The van der Waals surface area contributed by atoms with Crippen LogP contribution in [0.4, 0.5) is 28.6 Å². The number of H-pyrrole nitrogens is 2. The minimum Gasteiger partial charge on any atom is -0.366 e. The number of carbonyl (C=O) groups is 3. The van der Waals surface area contributed by atoms with E-state index in [2.05, 4.69) is 35.9 Å². The van der Waals surface area contributed by atoms with Crippen LogP contribution in [0.2, 0.25) is 0 Å². The summed E-state index contributed by atoms with van der Waals surface area (Å²) < 4.78 is 0.953. The zero-order valence-corrected chi connectivity index (χ0v) is 21.7. The number of aromatic nitrogens is 5. The maximum atomic E-state index is 12.0. The highest BCUT2D eigenvalue weighted by Crippen LogP contribution is 2.39. The molecule has 0 unspecified atom stereocenters. The number of rotatable bonds is 6. The van der Waals surface area contributed by atoms with Gasteiger partial charge in [-0.1, -0.05) is 0 Å². The van der Waals surface area contributed by atoms with E-state index in [0.29, 0.717) is 37.6 Å². The van der Waals surface area contributed by atoms with Gasteiger partial charge in [0.15, 0.2) is 5.82 Å². The van der Waals surface area contributed by atoms with E-state index in [1.807, 2.05) is 16.0 Å². The van der Waals surface area contributed by atoms with E-state index in [1.165, 1.54) is 26.8 Å². The number of piperazine rings is 1. The van der Waals surface area contributed by atoms with Crippen LogP contribution >= 0.6 is 0 Å². The van der Waals surface area contributed by atoms with Gasteiger partial charge in [-0.25, -0.2) is 9.59 Å². The summed E-state index contributed by atoms with van der Waals surface area (Å²) in [5.41, 5.74) is -0.496. The molecule has 0 radical (unpaired) electrons. The van der Waals surface area contributed by atoms with E-state index in [4.69, 9.17) is 0 Å². The van der Waals surface area contributed by atoms with Gasteiger partial charge in [-0.05, 0) is 12.1 Å². The molecular formula is C23H24N12O5. The smallest absolute Gasteiger partial charge is 0.352 e. The van der Waals surface area contributed by atoms with E-state index in [0.717, 1.165) is 10.9 Å². The first-order valence-electron chi connectivity index (χ1n) is 11.9. The van der Waals surface area contributed by atoms with Gasteiger partial charge in [-0.2, -0.15) is 20.0 Å². The van der Waals surface area contributed by atoms with Gasteiger partial charge in [-0.15, -0.1) is 10.2 Å². The summed E-state index contributed by atoms with van der Waals surface area (Å²) in [7, 11) is 0. The predicted molar refractivity (Wildman–Crippen MR) is 141 cm³/mol. The van der Waals surface area contributed by atoms with Crippen molar-refractivity contribution in [3.63, 3.8) is 0 Å². The average molecular weight is 549 g/mol. The zero-order valence-electron chi connectivity index (χ0n) is 21.7. The van der Waals surface area contributed by atoms with Crippen molar-refractivity contribution in [2.24, 2.45) is 10.2 Å². The van der Waals surface area contributed by atoms with Crippen LogP contribution in [0, 0.1) is 11.3 Å². The van der Waals surface area contributed by atoms with Gasteiger partial charge >= 0.3 is 11.4 Å². The summed E-state index contributed by atoms with van der Waals surface area (Å²) in [4.78, 5) is 70.8. The molecular weight excluding hydrogens is 524 g/mol. The van der Waals surface area contributed by atoms with Crippen molar-refractivity contribution in [1.29, 1.82) is 5.26 Å². The summed E-state index contributed by atoms with van der Waals surface area (Å²) in [6.45, 7) is 6.08. The fraction of sp³-hybridized carbons (Fsp3) is 0.304. The lowest BCUT2D eigenvalue weighted by atomic mass is 10.1. The normalized spacial score (nSPS) is 13.2. The molecule has 0 atom stereocenters. The van der Waals surface area contributed by atoms with Gasteiger partial charge in [0.25, 0.3) is 0 Å². The SMILES string of the molecule is CC(=O)Nc1cc(N2CCN(C(C)=O)CC2)c(NC(C)=O)cc1N=Nc1c(C#N)cnn1-c1nc(=O)[nH]c(=O)[nH]1. The quantitative estimate of drug-likeness (QED) is 0.314. The largest absolute Gasteiger partial charge is 0.366 e. The maximum Gasteiger partial charge on any atom is 0.352 e. The first kappa shape index (κ1) is 27.4. The van der Waals surface area contributed by atoms with E-state index in [1.54, 1.807) is 11.0 Å². The zero-order chi connectivity index (χ0) is 29.0. The van der Waals surface area contributed by atoms with E-state index < -0.39 is 17.3 Å². The summed E-state index contributed by atoms with van der Waals surface area (Å²) in [5.74, 6) is -1.25. The second-order valence-electron chi connectivity index (χ2n) is 8.67. The lowest BCUT2D eigenvalue weighted by molar-refractivity contribution is -0.129. The Kier molecular flexibility index (Phi) is 7.79. The van der Waals surface area contributed by atoms with Crippen LogP contribution in [0.3, 0.4) is 0 Å². The van der Waals surface area contributed by atoms with Gasteiger partial charge in [0, 0.05) is 47.0 Å². The molecule has 17 nitrogen and oxygen atoms in total. The minimum atomic E-state index is -0.941. The molecule has 4 rings (SSSR count). The molecule has 2 aromatic heterocycles. The maximum absolute atomic E-state index is 12.0. The molecule has 3 heterocycles. The number of hydrogen-bond acceptors (Lipinski definition) is 11. The Hall–Kier alpha value is -5.66. The average Bonchev–Trinajstić information content (AvgIpc) is 3.30.